The quantitative estimate of drug-likeness (QED) is 0.852. The first-order chi connectivity index (χ1) is 8.76. The molecule has 18 heavy (non-hydrogen) atoms. The zero-order valence-electron chi connectivity index (χ0n) is 10.8. The minimum absolute atomic E-state index is 0.129. The number of hydrogen-bond donors (Lipinski definition) is 2. The van der Waals surface area contributed by atoms with Gasteiger partial charge in [-0.15, -0.1) is 0 Å². The molecule has 0 spiro atoms. The molecule has 0 aliphatic carbocycles. The summed E-state index contributed by atoms with van der Waals surface area (Å²) in [6, 6.07) is 10.1. The van der Waals surface area contributed by atoms with Gasteiger partial charge in [-0.3, -0.25) is 4.90 Å². The standard InChI is InChI=1S/C15H22N2O/c16-13-7-14-5-6-15(8-13)17(14)9-11-1-3-12(10-18)4-2-11/h1-4,13-15,18H,5-10,16H2. The smallest absolute Gasteiger partial charge is 0.0681 e. The molecule has 1 aromatic carbocycles. The molecule has 0 radical (unpaired) electrons. The lowest BCUT2D eigenvalue weighted by Crippen LogP contribution is -2.46. The van der Waals surface area contributed by atoms with Crippen molar-refractivity contribution in [1.82, 2.24) is 4.90 Å². The van der Waals surface area contributed by atoms with Crippen LogP contribution in [0.25, 0.3) is 0 Å². The molecule has 2 unspecified atom stereocenters. The lowest BCUT2D eigenvalue weighted by Gasteiger charge is -2.37. The van der Waals surface area contributed by atoms with Gasteiger partial charge in [0.2, 0.25) is 0 Å². The number of piperidine rings is 1. The van der Waals surface area contributed by atoms with Crippen molar-refractivity contribution >= 4 is 0 Å². The van der Waals surface area contributed by atoms with Gasteiger partial charge in [0.1, 0.15) is 0 Å². The number of aliphatic hydroxyl groups is 1. The average Bonchev–Trinajstić information content (AvgIpc) is 2.62. The van der Waals surface area contributed by atoms with Crippen LogP contribution in [0.3, 0.4) is 0 Å². The van der Waals surface area contributed by atoms with Crippen molar-refractivity contribution in [2.24, 2.45) is 5.73 Å². The molecular weight excluding hydrogens is 224 g/mol. The van der Waals surface area contributed by atoms with Crippen LogP contribution in [0.4, 0.5) is 0 Å². The maximum Gasteiger partial charge on any atom is 0.0681 e. The summed E-state index contributed by atoms with van der Waals surface area (Å²) in [6.07, 6.45) is 4.94. The fourth-order valence-corrected chi connectivity index (χ4v) is 3.54. The van der Waals surface area contributed by atoms with E-state index in [1.165, 1.54) is 18.4 Å². The van der Waals surface area contributed by atoms with Crippen LogP contribution >= 0.6 is 0 Å². The van der Waals surface area contributed by atoms with E-state index < -0.39 is 0 Å². The van der Waals surface area contributed by atoms with Crippen molar-refractivity contribution in [3.05, 3.63) is 35.4 Å². The SMILES string of the molecule is NC1CC2CCC(C1)N2Cc1ccc(CO)cc1. The van der Waals surface area contributed by atoms with Crippen LogP contribution in [0, 0.1) is 0 Å². The third kappa shape index (κ3) is 2.30. The maximum atomic E-state index is 9.05. The van der Waals surface area contributed by atoms with E-state index in [4.69, 9.17) is 10.8 Å². The van der Waals surface area contributed by atoms with Crippen LogP contribution in [0.15, 0.2) is 24.3 Å². The molecule has 1 aromatic rings. The Kier molecular flexibility index (Phi) is 3.37. The molecule has 3 N–H and O–H groups in total. The molecule has 2 aliphatic rings. The topological polar surface area (TPSA) is 49.5 Å². The summed E-state index contributed by atoms with van der Waals surface area (Å²) < 4.78 is 0. The molecule has 2 saturated heterocycles. The molecule has 3 nitrogen and oxygen atoms in total. The summed E-state index contributed by atoms with van der Waals surface area (Å²) in [6.45, 7) is 1.16. The Hall–Kier alpha value is -0.900. The Labute approximate surface area is 109 Å². The van der Waals surface area contributed by atoms with Crippen LogP contribution in [0.1, 0.15) is 36.8 Å². The van der Waals surface area contributed by atoms with E-state index in [0.29, 0.717) is 18.1 Å². The van der Waals surface area contributed by atoms with Gasteiger partial charge in [-0.2, -0.15) is 0 Å². The van der Waals surface area contributed by atoms with Gasteiger partial charge in [-0.25, -0.2) is 0 Å². The first kappa shape index (κ1) is 12.2. The maximum absolute atomic E-state index is 9.05. The molecule has 2 heterocycles. The molecule has 2 atom stereocenters. The number of fused-ring (bicyclic) bond motifs is 2. The molecule has 0 aromatic heterocycles. The molecule has 3 rings (SSSR count). The molecule has 3 heteroatoms. The highest BCUT2D eigenvalue weighted by molar-refractivity contribution is 5.22. The summed E-state index contributed by atoms with van der Waals surface area (Å²) in [5.41, 5.74) is 8.43. The Bertz CT molecular complexity index is 389. The Morgan fingerprint density at radius 2 is 1.61 bits per heavy atom. The minimum atomic E-state index is 0.129. The van der Waals surface area contributed by atoms with Crippen LogP contribution in [0.5, 0.6) is 0 Å². The van der Waals surface area contributed by atoms with Crippen LogP contribution < -0.4 is 5.73 Å². The zero-order chi connectivity index (χ0) is 12.5. The van der Waals surface area contributed by atoms with Crippen molar-refractivity contribution in [3.8, 4) is 0 Å². The zero-order valence-corrected chi connectivity index (χ0v) is 10.8. The normalized spacial score (nSPS) is 31.8. The number of nitrogens with two attached hydrogens (primary N) is 1. The second-order valence-corrected chi connectivity index (χ2v) is 5.76. The monoisotopic (exact) mass is 246 g/mol. The molecule has 2 bridgehead atoms. The van der Waals surface area contributed by atoms with Gasteiger partial charge in [0.15, 0.2) is 0 Å². The second-order valence-electron chi connectivity index (χ2n) is 5.76. The van der Waals surface area contributed by atoms with Gasteiger partial charge >= 0.3 is 0 Å². The number of aliphatic hydroxyl groups excluding tert-OH is 1. The number of hydrogen-bond acceptors (Lipinski definition) is 3. The summed E-state index contributed by atoms with van der Waals surface area (Å²) in [4.78, 5) is 2.64. The molecular formula is C15H22N2O. The number of rotatable bonds is 3. The van der Waals surface area contributed by atoms with E-state index >= 15 is 0 Å². The van der Waals surface area contributed by atoms with E-state index in [1.807, 2.05) is 12.1 Å². The Morgan fingerprint density at radius 3 is 2.17 bits per heavy atom. The lowest BCUT2D eigenvalue weighted by molar-refractivity contribution is 0.120. The van der Waals surface area contributed by atoms with Crippen molar-refractivity contribution in [3.63, 3.8) is 0 Å². The van der Waals surface area contributed by atoms with Gasteiger partial charge in [0.05, 0.1) is 6.61 Å². The van der Waals surface area contributed by atoms with Crippen LogP contribution in [-0.2, 0) is 13.2 Å². The van der Waals surface area contributed by atoms with Crippen molar-refractivity contribution in [1.29, 1.82) is 0 Å². The lowest BCUT2D eigenvalue weighted by atomic mass is 9.97. The van der Waals surface area contributed by atoms with E-state index in [2.05, 4.69) is 17.0 Å². The third-order valence-electron chi connectivity index (χ3n) is 4.49. The summed E-state index contributed by atoms with van der Waals surface area (Å²) >= 11 is 0. The first-order valence-electron chi connectivity index (χ1n) is 6.96. The summed E-state index contributed by atoms with van der Waals surface area (Å²) in [5, 5.41) is 9.05. The predicted molar refractivity (Wildman–Crippen MR) is 71.9 cm³/mol. The largest absolute Gasteiger partial charge is 0.392 e. The van der Waals surface area contributed by atoms with Crippen LogP contribution in [0.2, 0.25) is 0 Å². The first-order valence-corrected chi connectivity index (χ1v) is 6.96. The number of benzene rings is 1. The molecule has 0 saturated carbocycles. The van der Waals surface area contributed by atoms with Crippen molar-refractivity contribution in [2.75, 3.05) is 0 Å². The Morgan fingerprint density at radius 1 is 1.06 bits per heavy atom. The molecule has 0 amide bonds. The van der Waals surface area contributed by atoms with Gasteiger partial charge in [-0.1, -0.05) is 24.3 Å². The minimum Gasteiger partial charge on any atom is -0.392 e. The predicted octanol–water partition coefficient (Wildman–Crippen LogP) is 1.63. The van der Waals surface area contributed by atoms with E-state index in [9.17, 15) is 0 Å². The van der Waals surface area contributed by atoms with Gasteiger partial charge in [-0.05, 0) is 36.8 Å². The molecule has 2 aliphatic heterocycles. The molecule has 98 valence electrons. The summed E-state index contributed by atoms with van der Waals surface area (Å²) in [7, 11) is 0. The highest BCUT2D eigenvalue weighted by Crippen LogP contribution is 2.36. The summed E-state index contributed by atoms with van der Waals surface area (Å²) in [5.74, 6) is 0. The van der Waals surface area contributed by atoms with Crippen molar-refractivity contribution in [2.45, 2.75) is 57.0 Å². The highest BCUT2D eigenvalue weighted by atomic mass is 16.3. The fourth-order valence-electron chi connectivity index (χ4n) is 3.54. The highest BCUT2D eigenvalue weighted by Gasteiger charge is 2.39. The van der Waals surface area contributed by atoms with Gasteiger partial charge in [0, 0.05) is 24.7 Å². The van der Waals surface area contributed by atoms with E-state index in [-0.39, 0.29) is 6.61 Å². The Balaban J connectivity index is 1.69. The van der Waals surface area contributed by atoms with Crippen LogP contribution in [-0.4, -0.2) is 28.1 Å². The fraction of sp³-hybridized carbons (Fsp3) is 0.600. The van der Waals surface area contributed by atoms with E-state index in [0.717, 1.165) is 24.9 Å². The average molecular weight is 246 g/mol. The van der Waals surface area contributed by atoms with Gasteiger partial charge in [0.25, 0.3) is 0 Å². The van der Waals surface area contributed by atoms with Crippen molar-refractivity contribution < 1.29 is 5.11 Å². The third-order valence-corrected chi connectivity index (χ3v) is 4.49. The second kappa shape index (κ2) is 5.00. The van der Waals surface area contributed by atoms with E-state index in [1.54, 1.807) is 0 Å². The van der Waals surface area contributed by atoms with Gasteiger partial charge < -0.3 is 10.8 Å². The number of nitrogens with zero attached hydrogens (tertiary/aromatic N) is 1. The molecule has 2 fully saturated rings.